The maximum atomic E-state index is 4.58. The SMILES string of the molecule is CCNCc1cnc(C)cc1N(C)Cc1cccc(C)n1. The van der Waals surface area contributed by atoms with E-state index in [0.29, 0.717) is 0 Å². The van der Waals surface area contributed by atoms with Gasteiger partial charge in [-0.15, -0.1) is 0 Å². The molecule has 0 aliphatic heterocycles. The van der Waals surface area contributed by atoms with Crippen molar-refractivity contribution in [1.82, 2.24) is 15.3 Å². The Morgan fingerprint density at radius 3 is 2.71 bits per heavy atom. The highest BCUT2D eigenvalue weighted by Crippen LogP contribution is 2.21. The lowest BCUT2D eigenvalue weighted by atomic mass is 10.1. The molecule has 0 aliphatic carbocycles. The fraction of sp³-hybridized carbons (Fsp3) is 0.412. The van der Waals surface area contributed by atoms with Crippen LogP contribution in [0, 0.1) is 13.8 Å². The third-order valence-electron chi connectivity index (χ3n) is 3.42. The van der Waals surface area contributed by atoms with Gasteiger partial charge in [0.1, 0.15) is 0 Å². The maximum Gasteiger partial charge on any atom is 0.0600 e. The smallest absolute Gasteiger partial charge is 0.0600 e. The van der Waals surface area contributed by atoms with E-state index in [1.807, 2.05) is 26.1 Å². The number of aromatic nitrogens is 2. The fourth-order valence-corrected chi connectivity index (χ4v) is 2.34. The summed E-state index contributed by atoms with van der Waals surface area (Å²) >= 11 is 0. The number of pyridine rings is 2. The molecule has 2 aromatic rings. The van der Waals surface area contributed by atoms with E-state index < -0.39 is 0 Å². The van der Waals surface area contributed by atoms with E-state index in [0.717, 1.165) is 36.7 Å². The van der Waals surface area contributed by atoms with Gasteiger partial charge in [-0.25, -0.2) is 0 Å². The second-order valence-electron chi connectivity index (χ2n) is 5.36. The standard InChI is InChI=1S/C17H24N4/c1-5-18-10-15-11-19-14(3)9-17(15)21(4)12-16-8-6-7-13(2)20-16/h6-9,11,18H,5,10,12H2,1-4H3. The summed E-state index contributed by atoms with van der Waals surface area (Å²) in [6, 6.07) is 8.30. The van der Waals surface area contributed by atoms with Crippen molar-refractivity contribution in [3.05, 3.63) is 53.1 Å². The number of nitrogens with zero attached hydrogens (tertiary/aromatic N) is 3. The van der Waals surface area contributed by atoms with Crippen LogP contribution in [-0.2, 0) is 13.1 Å². The first kappa shape index (κ1) is 15.4. The predicted molar refractivity (Wildman–Crippen MR) is 87.4 cm³/mol. The van der Waals surface area contributed by atoms with Gasteiger partial charge in [0.05, 0.1) is 12.2 Å². The van der Waals surface area contributed by atoms with Crippen molar-refractivity contribution in [3.8, 4) is 0 Å². The van der Waals surface area contributed by atoms with Crippen LogP contribution in [0.3, 0.4) is 0 Å². The summed E-state index contributed by atoms with van der Waals surface area (Å²) in [5, 5.41) is 3.37. The van der Waals surface area contributed by atoms with Crippen LogP contribution in [0.1, 0.15) is 29.6 Å². The molecule has 0 atom stereocenters. The second-order valence-corrected chi connectivity index (χ2v) is 5.36. The van der Waals surface area contributed by atoms with Gasteiger partial charge in [-0.2, -0.15) is 0 Å². The second kappa shape index (κ2) is 7.18. The highest BCUT2D eigenvalue weighted by atomic mass is 15.1. The highest BCUT2D eigenvalue weighted by Gasteiger charge is 2.10. The van der Waals surface area contributed by atoms with Gasteiger partial charge in [0.25, 0.3) is 0 Å². The van der Waals surface area contributed by atoms with Gasteiger partial charge in [-0.1, -0.05) is 13.0 Å². The number of rotatable bonds is 6. The zero-order valence-electron chi connectivity index (χ0n) is 13.3. The first-order chi connectivity index (χ1) is 10.1. The zero-order chi connectivity index (χ0) is 15.2. The summed E-state index contributed by atoms with van der Waals surface area (Å²) in [6.07, 6.45) is 1.97. The topological polar surface area (TPSA) is 41.1 Å². The van der Waals surface area contributed by atoms with Gasteiger partial charge >= 0.3 is 0 Å². The molecule has 2 heterocycles. The summed E-state index contributed by atoms with van der Waals surface area (Å²) < 4.78 is 0. The van der Waals surface area contributed by atoms with Crippen LogP contribution >= 0.6 is 0 Å². The van der Waals surface area contributed by atoms with Crippen LogP contribution in [0.2, 0.25) is 0 Å². The predicted octanol–water partition coefficient (Wildman–Crippen LogP) is 2.84. The highest BCUT2D eigenvalue weighted by molar-refractivity contribution is 5.53. The third-order valence-corrected chi connectivity index (χ3v) is 3.42. The Hall–Kier alpha value is -1.94. The molecule has 0 aliphatic rings. The summed E-state index contributed by atoms with van der Waals surface area (Å²) in [5.41, 5.74) is 5.61. The minimum absolute atomic E-state index is 0.796. The summed E-state index contributed by atoms with van der Waals surface area (Å²) in [6.45, 7) is 8.75. The molecule has 0 saturated heterocycles. The molecular formula is C17H24N4. The first-order valence-electron chi connectivity index (χ1n) is 7.40. The molecule has 0 fully saturated rings. The molecule has 0 saturated carbocycles. The van der Waals surface area contributed by atoms with Gasteiger partial charge in [0.2, 0.25) is 0 Å². The maximum absolute atomic E-state index is 4.58. The molecule has 0 spiro atoms. The molecule has 0 amide bonds. The number of nitrogens with one attached hydrogen (secondary N) is 1. The average Bonchev–Trinajstić information content (AvgIpc) is 2.46. The number of anilines is 1. The lowest BCUT2D eigenvalue weighted by Crippen LogP contribution is -2.21. The van der Waals surface area contributed by atoms with E-state index in [9.17, 15) is 0 Å². The number of hydrogen-bond acceptors (Lipinski definition) is 4. The van der Waals surface area contributed by atoms with Crippen molar-refractivity contribution >= 4 is 5.69 Å². The molecule has 1 N–H and O–H groups in total. The Labute approximate surface area is 127 Å². The Bertz CT molecular complexity index is 595. The average molecular weight is 284 g/mol. The Morgan fingerprint density at radius 2 is 2.00 bits per heavy atom. The number of hydrogen-bond donors (Lipinski definition) is 1. The van der Waals surface area contributed by atoms with Gasteiger partial charge < -0.3 is 10.2 Å². The molecule has 4 nitrogen and oxygen atoms in total. The van der Waals surface area contributed by atoms with Crippen LogP contribution in [0.4, 0.5) is 5.69 Å². The Balaban J connectivity index is 2.20. The Morgan fingerprint density at radius 1 is 1.19 bits per heavy atom. The van der Waals surface area contributed by atoms with Crippen LogP contribution in [-0.4, -0.2) is 23.6 Å². The van der Waals surface area contributed by atoms with Crippen molar-refractivity contribution < 1.29 is 0 Å². The molecular weight excluding hydrogens is 260 g/mol. The van der Waals surface area contributed by atoms with Crippen molar-refractivity contribution in [2.75, 3.05) is 18.5 Å². The van der Waals surface area contributed by atoms with E-state index in [2.05, 4.69) is 52.4 Å². The largest absolute Gasteiger partial charge is 0.368 e. The molecule has 2 aromatic heterocycles. The molecule has 0 radical (unpaired) electrons. The van der Waals surface area contributed by atoms with Gasteiger partial charge in [-0.3, -0.25) is 9.97 Å². The first-order valence-corrected chi connectivity index (χ1v) is 7.40. The molecule has 112 valence electrons. The van der Waals surface area contributed by atoms with Crippen LogP contribution in [0.15, 0.2) is 30.5 Å². The number of aryl methyl sites for hydroxylation is 2. The molecule has 4 heteroatoms. The lowest BCUT2D eigenvalue weighted by Gasteiger charge is -2.22. The van der Waals surface area contributed by atoms with Gasteiger partial charge in [-0.05, 0) is 38.6 Å². The lowest BCUT2D eigenvalue weighted by molar-refractivity contribution is 0.719. The fourth-order valence-electron chi connectivity index (χ4n) is 2.34. The van der Waals surface area contributed by atoms with Crippen molar-refractivity contribution in [1.29, 1.82) is 0 Å². The molecule has 21 heavy (non-hydrogen) atoms. The van der Waals surface area contributed by atoms with Crippen LogP contribution in [0.25, 0.3) is 0 Å². The molecule has 0 aromatic carbocycles. The zero-order valence-corrected chi connectivity index (χ0v) is 13.3. The summed E-state index contributed by atoms with van der Waals surface area (Å²) in [4.78, 5) is 11.2. The Kier molecular flexibility index (Phi) is 5.28. The normalized spacial score (nSPS) is 10.7. The quantitative estimate of drug-likeness (QED) is 0.885. The summed E-state index contributed by atoms with van der Waals surface area (Å²) in [7, 11) is 2.11. The van der Waals surface area contributed by atoms with E-state index in [4.69, 9.17) is 0 Å². The minimum Gasteiger partial charge on any atom is -0.368 e. The van der Waals surface area contributed by atoms with E-state index >= 15 is 0 Å². The van der Waals surface area contributed by atoms with Gasteiger partial charge in [0, 0.05) is 42.4 Å². The molecule has 2 rings (SSSR count). The van der Waals surface area contributed by atoms with E-state index in [1.165, 1.54) is 11.3 Å². The van der Waals surface area contributed by atoms with Crippen molar-refractivity contribution in [2.45, 2.75) is 33.9 Å². The van der Waals surface area contributed by atoms with Crippen LogP contribution < -0.4 is 10.2 Å². The van der Waals surface area contributed by atoms with E-state index in [1.54, 1.807) is 0 Å². The third kappa shape index (κ3) is 4.26. The van der Waals surface area contributed by atoms with E-state index in [-0.39, 0.29) is 0 Å². The van der Waals surface area contributed by atoms with Crippen molar-refractivity contribution in [3.63, 3.8) is 0 Å². The minimum atomic E-state index is 0.796. The van der Waals surface area contributed by atoms with Crippen LogP contribution in [0.5, 0.6) is 0 Å². The summed E-state index contributed by atoms with van der Waals surface area (Å²) in [5.74, 6) is 0. The molecule has 0 unspecified atom stereocenters. The monoisotopic (exact) mass is 284 g/mol. The van der Waals surface area contributed by atoms with Gasteiger partial charge in [0.15, 0.2) is 0 Å². The van der Waals surface area contributed by atoms with Crippen molar-refractivity contribution in [2.24, 2.45) is 0 Å². The molecule has 0 bridgehead atoms.